The lowest BCUT2D eigenvalue weighted by molar-refractivity contribution is -0.134. The lowest BCUT2D eigenvalue weighted by Gasteiger charge is -2.30. The van der Waals surface area contributed by atoms with Crippen molar-refractivity contribution in [3.8, 4) is 0 Å². The van der Waals surface area contributed by atoms with Gasteiger partial charge in [-0.1, -0.05) is 6.92 Å². The van der Waals surface area contributed by atoms with Gasteiger partial charge in [-0.25, -0.2) is 0 Å². The van der Waals surface area contributed by atoms with Gasteiger partial charge in [0, 0.05) is 43.0 Å². The molecule has 9 heteroatoms. The summed E-state index contributed by atoms with van der Waals surface area (Å²) in [4.78, 5) is 43.3. The molecule has 3 heterocycles. The monoisotopic (exact) mass is 439 g/mol. The summed E-state index contributed by atoms with van der Waals surface area (Å²) in [7, 11) is 3.46. The van der Waals surface area contributed by atoms with Crippen LogP contribution >= 0.6 is 11.3 Å². The van der Waals surface area contributed by atoms with Crippen LogP contribution in [0.2, 0.25) is 0 Å². The Kier molecular flexibility index (Phi) is 5.77. The van der Waals surface area contributed by atoms with Crippen molar-refractivity contribution in [2.24, 2.45) is 0 Å². The Morgan fingerprint density at radius 2 is 2.10 bits per heavy atom. The van der Waals surface area contributed by atoms with E-state index in [1.807, 2.05) is 13.0 Å². The number of benzene rings is 1. The van der Waals surface area contributed by atoms with Crippen molar-refractivity contribution in [3.63, 3.8) is 0 Å². The maximum atomic E-state index is 13.2. The predicted octanol–water partition coefficient (Wildman–Crippen LogP) is 2.42. The summed E-state index contributed by atoms with van der Waals surface area (Å²) in [6.45, 7) is 2.92. The molecule has 31 heavy (non-hydrogen) atoms. The molecule has 0 unspecified atom stereocenters. The SMILES string of the molecule is CC[C@@H](NC(=O)c1ccc2[nH]ncc2c1)C(=O)N1CCc2sc(C(=O)N(C)C)cc2C1. The number of amides is 3. The van der Waals surface area contributed by atoms with Crippen molar-refractivity contribution >= 4 is 40.0 Å². The molecule has 162 valence electrons. The van der Waals surface area contributed by atoms with Gasteiger partial charge < -0.3 is 15.1 Å². The molecule has 0 saturated heterocycles. The van der Waals surface area contributed by atoms with E-state index in [0.29, 0.717) is 36.4 Å². The summed E-state index contributed by atoms with van der Waals surface area (Å²) in [6, 6.07) is 6.56. The molecule has 0 radical (unpaired) electrons. The lowest BCUT2D eigenvalue weighted by Crippen LogP contribution is -2.49. The van der Waals surface area contributed by atoms with Crippen LogP contribution in [0.5, 0.6) is 0 Å². The average Bonchev–Trinajstić information content (AvgIpc) is 3.41. The van der Waals surface area contributed by atoms with Crippen LogP contribution in [-0.2, 0) is 17.8 Å². The normalized spacial score (nSPS) is 14.2. The molecule has 8 nitrogen and oxygen atoms in total. The van der Waals surface area contributed by atoms with E-state index in [2.05, 4.69) is 15.5 Å². The third kappa shape index (κ3) is 4.18. The number of rotatable bonds is 5. The highest BCUT2D eigenvalue weighted by atomic mass is 32.1. The van der Waals surface area contributed by atoms with Crippen LogP contribution in [0.3, 0.4) is 0 Å². The van der Waals surface area contributed by atoms with Crippen LogP contribution in [0.15, 0.2) is 30.5 Å². The Morgan fingerprint density at radius 1 is 1.29 bits per heavy atom. The number of nitrogens with one attached hydrogen (secondary N) is 2. The van der Waals surface area contributed by atoms with Gasteiger partial charge in [0.25, 0.3) is 11.8 Å². The topological polar surface area (TPSA) is 98.4 Å². The molecule has 0 aliphatic carbocycles. The summed E-state index contributed by atoms with van der Waals surface area (Å²) in [5.41, 5.74) is 2.36. The lowest BCUT2D eigenvalue weighted by atomic mass is 10.1. The molecule has 2 N–H and O–H groups in total. The smallest absolute Gasteiger partial charge is 0.263 e. The Hall–Kier alpha value is -3.20. The molecule has 4 rings (SSSR count). The van der Waals surface area contributed by atoms with Crippen molar-refractivity contribution in [1.29, 1.82) is 0 Å². The number of carbonyl (C=O) groups excluding carboxylic acids is 3. The maximum absolute atomic E-state index is 13.2. The van der Waals surface area contributed by atoms with Crippen LogP contribution in [0.1, 0.15) is 43.8 Å². The van der Waals surface area contributed by atoms with E-state index < -0.39 is 6.04 Å². The first kappa shape index (κ1) is 21.0. The third-order valence-corrected chi connectivity index (χ3v) is 6.73. The highest BCUT2D eigenvalue weighted by Gasteiger charge is 2.29. The van der Waals surface area contributed by atoms with Crippen molar-refractivity contribution < 1.29 is 14.4 Å². The number of aromatic nitrogens is 2. The third-order valence-electron chi connectivity index (χ3n) is 5.51. The molecule has 1 aliphatic heterocycles. The van der Waals surface area contributed by atoms with Gasteiger partial charge in [-0.3, -0.25) is 19.5 Å². The quantitative estimate of drug-likeness (QED) is 0.638. The number of nitrogens with zero attached hydrogens (tertiary/aromatic N) is 3. The second-order valence-electron chi connectivity index (χ2n) is 7.87. The molecule has 1 aromatic carbocycles. The van der Waals surface area contributed by atoms with Crippen molar-refractivity contribution in [2.45, 2.75) is 32.4 Å². The molecule has 0 bridgehead atoms. The van der Waals surface area contributed by atoms with E-state index >= 15 is 0 Å². The highest BCUT2D eigenvalue weighted by molar-refractivity contribution is 7.14. The minimum absolute atomic E-state index is 0.0226. The molecule has 2 aromatic heterocycles. The van der Waals surface area contributed by atoms with Crippen LogP contribution in [0.4, 0.5) is 0 Å². The average molecular weight is 440 g/mol. The number of H-pyrrole nitrogens is 1. The predicted molar refractivity (Wildman–Crippen MR) is 119 cm³/mol. The van der Waals surface area contributed by atoms with Gasteiger partial charge in [-0.15, -0.1) is 11.3 Å². The molecule has 3 amide bonds. The molecule has 3 aromatic rings. The van der Waals surface area contributed by atoms with Crippen molar-refractivity contribution in [3.05, 3.63) is 51.3 Å². The Balaban J connectivity index is 1.45. The number of carbonyl (C=O) groups is 3. The second-order valence-corrected chi connectivity index (χ2v) is 9.01. The van der Waals surface area contributed by atoms with E-state index in [9.17, 15) is 14.4 Å². The summed E-state index contributed by atoms with van der Waals surface area (Å²) in [5, 5.41) is 10.5. The van der Waals surface area contributed by atoms with Gasteiger partial charge in [0.2, 0.25) is 5.91 Å². The molecule has 1 aliphatic rings. The molecule has 0 spiro atoms. The summed E-state index contributed by atoms with van der Waals surface area (Å²) in [6.07, 6.45) is 2.87. The van der Waals surface area contributed by atoms with Crippen LogP contribution < -0.4 is 5.32 Å². The number of aromatic amines is 1. The Bertz CT molecular complexity index is 1150. The van der Waals surface area contributed by atoms with Gasteiger partial charge >= 0.3 is 0 Å². The van der Waals surface area contributed by atoms with Crippen molar-refractivity contribution in [1.82, 2.24) is 25.3 Å². The van der Waals surface area contributed by atoms with E-state index in [0.717, 1.165) is 21.3 Å². The maximum Gasteiger partial charge on any atom is 0.263 e. The fourth-order valence-corrected chi connectivity index (χ4v) is 4.92. The first-order valence-electron chi connectivity index (χ1n) is 10.2. The fraction of sp³-hybridized carbons (Fsp3) is 0.364. The molecular weight excluding hydrogens is 414 g/mol. The zero-order valence-electron chi connectivity index (χ0n) is 17.8. The summed E-state index contributed by atoms with van der Waals surface area (Å²) in [5.74, 6) is -0.404. The van der Waals surface area contributed by atoms with E-state index in [1.54, 1.807) is 48.3 Å². The largest absolute Gasteiger partial charge is 0.344 e. The Labute approximate surface area is 184 Å². The molecule has 0 saturated carbocycles. The van der Waals surface area contributed by atoms with E-state index in [-0.39, 0.29) is 17.7 Å². The number of fused-ring (bicyclic) bond motifs is 2. The molecular formula is C22H25N5O3S. The first-order chi connectivity index (χ1) is 14.9. The van der Waals surface area contributed by atoms with Gasteiger partial charge in [0.15, 0.2) is 0 Å². The minimum Gasteiger partial charge on any atom is -0.344 e. The van der Waals surface area contributed by atoms with E-state index in [4.69, 9.17) is 0 Å². The number of hydrogen-bond donors (Lipinski definition) is 2. The zero-order chi connectivity index (χ0) is 22.1. The van der Waals surface area contributed by atoms with Gasteiger partial charge in [-0.2, -0.15) is 5.10 Å². The van der Waals surface area contributed by atoms with Gasteiger partial charge in [-0.05, 0) is 42.7 Å². The Morgan fingerprint density at radius 3 is 2.84 bits per heavy atom. The zero-order valence-corrected chi connectivity index (χ0v) is 18.6. The first-order valence-corrected chi connectivity index (χ1v) is 11.0. The minimum atomic E-state index is -0.601. The standard InChI is InChI=1S/C22H25N5O3S/c1-4-16(24-20(28)13-5-6-17-14(9-13)11-23-25-17)21(29)27-8-7-18-15(12-27)10-19(31-18)22(30)26(2)3/h5-6,9-11,16H,4,7-8,12H2,1-3H3,(H,23,25)(H,24,28)/t16-/m1/s1. The summed E-state index contributed by atoms with van der Waals surface area (Å²) >= 11 is 1.50. The molecule has 1 atom stereocenters. The number of thiophene rings is 1. The van der Waals surface area contributed by atoms with Crippen LogP contribution in [0, 0.1) is 0 Å². The second kappa shape index (κ2) is 8.50. The fourth-order valence-electron chi connectivity index (χ4n) is 3.73. The van der Waals surface area contributed by atoms with Crippen LogP contribution in [-0.4, -0.2) is 64.4 Å². The van der Waals surface area contributed by atoms with Crippen molar-refractivity contribution in [2.75, 3.05) is 20.6 Å². The summed E-state index contributed by atoms with van der Waals surface area (Å²) < 4.78 is 0. The van der Waals surface area contributed by atoms with Gasteiger partial charge in [0.1, 0.15) is 6.04 Å². The van der Waals surface area contributed by atoms with E-state index in [1.165, 1.54) is 11.3 Å². The highest BCUT2D eigenvalue weighted by Crippen LogP contribution is 2.29. The molecule has 0 fully saturated rings. The number of hydrogen-bond acceptors (Lipinski definition) is 5. The van der Waals surface area contributed by atoms with Crippen LogP contribution in [0.25, 0.3) is 10.9 Å². The van der Waals surface area contributed by atoms with Gasteiger partial charge in [0.05, 0.1) is 16.6 Å².